The molecule has 15 atom stereocenters. The van der Waals surface area contributed by atoms with Crippen LogP contribution >= 0.6 is 25.3 Å². The van der Waals surface area contributed by atoms with E-state index in [0.29, 0.717) is 38.5 Å². The number of nitrogens with two attached hydrogens (primary N) is 2. The SMILES string of the molecule is CC(C)C[C@H](NC(=O)[C@H](Cc1ccc(O)cc1)NC(=O)[C@H](Cc1c[nH]c2ccccc12)NC(=O)[C@H](CCC(=O)O)NC(=O)[C@@H](NC(=O)[C@@H]1CCCN1C(=O)[C@H](Cc1c[nH]c2ccccc12)NC(=O)[C@H](CS)NC(=O)[C@@H](NC(=O)[C@H](CCC(=O)O)NC(=O)[C@H](CCC(=O)O)NC(=O)[C@H](CO)NC(=O)[C@H](C)N)C(C)C)C(C)C)C(=O)N[C@@H](CS)C(=O)N[C@@H](CC(N)=O)C(=O)O. The number of hydrogen-bond donors (Lipinski definition) is 25. The molecule has 43 nitrogen and oxygen atoms in total. The molecule has 0 bridgehead atoms. The number of aromatic nitrogens is 2. The molecule has 1 aliphatic heterocycles. The third-order valence-corrected chi connectivity index (χ3v) is 21.6. The Morgan fingerprint density at radius 3 is 1.24 bits per heavy atom. The maximum absolute atomic E-state index is 15.4. The van der Waals surface area contributed by atoms with Crippen molar-refractivity contribution >= 4 is 160 Å². The molecule has 2 aromatic heterocycles. The zero-order chi connectivity index (χ0) is 95.1. The zero-order valence-corrected chi connectivity index (χ0v) is 73.2. The van der Waals surface area contributed by atoms with Gasteiger partial charge in [-0.15, -0.1) is 0 Å². The minimum Gasteiger partial charge on any atom is -0.508 e. The highest BCUT2D eigenvalue weighted by Gasteiger charge is 2.43. The second-order valence-corrected chi connectivity index (χ2v) is 32.8. The van der Waals surface area contributed by atoms with E-state index in [1.54, 1.807) is 74.8 Å². The van der Waals surface area contributed by atoms with Crippen LogP contribution in [-0.2, 0) is 110 Å². The quantitative estimate of drug-likeness (QED) is 0.0170. The van der Waals surface area contributed by atoms with E-state index >= 15 is 14.4 Å². The van der Waals surface area contributed by atoms with Gasteiger partial charge in [0.15, 0.2) is 0 Å². The van der Waals surface area contributed by atoms with Crippen molar-refractivity contribution in [1.29, 1.82) is 0 Å². The lowest BCUT2D eigenvalue weighted by atomic mass is 9.99. The monoisotopic (exact) mass is 1830 g/mol. The molecule has 15 amide bonds. The van der Waals surface area contributed by atoms with Gasteiger partial charge in [0.2, 0.25) is 88.6 Å². The van der Waals surface area contributed by atoms with E-state index in [-0.39, 0.29) is 56.7 Å². The van der Waals surface area contributed by atoms with Gasteiger partial charge < -0.3 is 126 Å². The number of fused-ring (bicyclic) bond motifs is 2. The summed E-state index contributed by atoms with van der Waals surface area (Å²) in [6, 6.07) is -4.73. The molecular weight excluding hydrogens is 1710 g/mol. The standard InChI is InChI=1S/C83H114N18O25S2/c1-39(2)29-54(73(115)97-60(37-127)78(120)95-58(83(125)126)33-63(85)104)91-74(116)55(30-43-18-20-46(103)21-19-43)92-75(117)56(31-44-34-86-49-15-10-8-13-47(44)49)93-71(113)52(23-26-65(107)108)90-80(122)68(41(5)6)100-79(121)62-17-12-28-101(62)82(124)57(32-45-35-87-50-16-11-9-14-48(45)50)94-77(119)61(38-128)98-81(123)67(40(3)4)99-72(114)53(24-27-66(109)110)88-70(112)51(22-25-64(105)106)89-76(118)59(36-102)96-69(111)42(7)84/h8-11,13-16,18-21,34-35,39-42,51-62,67-68,86-87,102-103,127-128H,12,17,22-33,36-38,84H2,1-7H3,(H2,85,104)(H,88,112)(H,89,118)(H,90,122)(H,91,116)(H,92,117)(H,93,113)(H,94,119)(H,95,120)(H,96,111)(H,97,115)(H,98,123)(H,99,114)(H,100,121)(H,105,106)(H,107,108)(H,109,110)(H,125,126)/t42-,51-,52-,53-,54-,55-,56-,57-,58-,59-,60-,61-,62-,67-,68-/m0/s1. The number of thiol groups is 2. The summed E-state index contributed by atoms with van der Waals surface area (Å²) in [6.45, 7) is 9.62. The first kappa shape index (κ1) is 104. The molecule has 698 valence electrons. The van der Waals surface area contributed by atoms with Crippen LogP contribution in [0, 0.1) is 17.8 Å². The van der Waals surface area contributed by atoms with Gasteiger partial charge in [0.05, 0.1) is 19.1 Å². The van der Waals surface area contributed by atoms with Crippen molar-refractivity contribution in [2.75, 3.05) is 24.7 Å². The molecular formula is C83H114N18O25S2. The Labute approximate surface area is 745 Å². The number of aromatic hydroxyl groups is 1. The number of likely N-dealkylation sites (tertiary alicyclic amines) is 1. The number of aliphatic hydroxyl groups is 1. The number of H-pyrrole nitrogens is 2. The fourth-order valence-electron chi connectivity index (χ4n) is 13.9. The predicted molar refractivity (Wildman–Crippen MR) is 465 cm³/mol. The number of primary amides is 1. The molecule has 45 heteroatoms. The second-order valence-electron chi connectivity index (χ2n) is 32.1. The zero-order valence-electron chi connectivity index (χ0n) is 71.4. The van der Waals surface area contributed by atoms with Gasteiger partial charge in [0.1, 0.15) is 90.3 Å². The van der Waals surface area contributed by atoms with Gasteiger partial charge in [-0.1, -0.05) is 90.1 Å². The molecule has 0 spiro atoms. The van der Waals surface area contributed by atoms with Gasteiger partial charge >= 0.3 is 23.9 Å². The van der Waals surface area contributed by atoms with Crippen molar-refractivity contribution in [2.45, 2.75) is 223 Å². The third kappa shape index (κ3) is 31.6. The maximum atomic E-state index is 15.4. The summed E-state index contributed by atoms with van der Waals surface area (Å²) in [6.07, 6.45) is -2.66. The van der Waals surface area contributed by atoms with Crippen LogP contribution in [-0.4, -0.2) is 273 Å². The first-order chi connectivity index (χ1) is 60.4. The van der Waals surface area contributed by atoms with Gasteiger partial charge in [-0.25, -0.2) is 4.79 Å². The lowest BCUT2D eigenvalue weighted by molar-refractivity contribution is -0.143. The van der Waals surface area contributed by atoms with Crippen LogP contribution in [0.1, 0.15) is 129 Å². The van der Waals surface area contributed by atoms with E-state index in [2.05, 4.69) is 104 Å². The van der Waals surface area contributed by atoms with Crippen LogP contribution in [0.15, 0.2) is 85.2 Å². The number of phenols is 1. The summed E-state index contributed by atoms with van der Waals surface area (Å²) >= 11 is 8.53. The third-order valence-electron chi connectivity index (χ3n) is 20.8. The van der Waals surface area contributed by atoms with Crippen molar-refractivity contribution < 1.29 is 122 Å². The number of carboxylic acid groups (broad SMARTS) is 4. The van der Waals surface area contributed by atoms with Gasteiger partial charge in [-0.05, 0) is 104 Å². The molecule has 6 rings (SSSR count). The molecule has 0 aliphatic carbocycles. The number of hydrogen-bond acceptors (Lipinski definition) is 24. The van der Waals surface area contributed by atoms with Gasteiger partial charge in [0, 0.05) is 90.8 Å². The van der Waals surface area contributed by atoms with Crippen molar-refractivity contribution in [2.24, 2.45) is 29.2 Å². The summed E-state index contributed by atoms with van der Waals surface area (Å²) in [5.74, 6) is -24.4. The molecule has 3 heterocycles. The number of carboxylic acids is 4. The number of aliphatic hydroxyl groups excluding tert-OH is 1. The Kier molecular flexibility index (Phi) is 40.5. The van der Waals surface area contributed by atoms with Crippen LogP contribution in [0.3, 0.4) is 0 Å². The fourth-order valence-corrected chi connectivity index (χ4v) is 14.4. The van der Waals surface area contributed by atoms with E-state index in [4.69, 9.17) is 11.5 Å². The van der Waals surface area contributed by atoms with Crippen molar-refractivity contribution in [3.63, 3.8) is 0 Å². The number of aliphatic carboxylic acids is 4. The minimum atomic E-state index is -1.81. The molecule has 1 aliphatic rings. The first-order valence-electron chi connectivity index (χ1n) is 41.3. The van der Waals surface area contributed by atoms with Crippen molar-refractivity contribution in [3.8, 4) is 5.75 Å². The lowest BCUT2D eigenvalue weighted by Gasteiger charge is -2.32. The maximum Gasteiger partial charge on any atom is 0.326 e. The highest BCUT2D eigenvalue weighted by atomic mass is 32.1. The molecule has 3 aromatic carbocycles. The van der Waals surface area contributed by atoms with Crippen LogP contribution in [0.25, 0.3) is 21.8 Å². The van der Waals surface area contributed by atoms with Crippen LogP contribution in [0.4, 0.5) is 0 Å². The van der Waals surface area contributed by atoms with Crippen LogP contribution in [0.5, 0.6) is 5.75 Å². The van der Waals surface area contributed by atoms with Gasteiger partial charge in [-0.2, -0.15) is 25.3 Å². The molecule has 128 heavy (non-hydrogen) atoms. The number of rotatable bonds is 52. The summed E-state index contributed by atoms with van der Waals surface area (Å²) in [5, 5.41) is 92.3. The summed E-state index contributed by atoms with van der Waals surface area (Å²) < 4.78 is 0. The summed E-state index contributed by atoms with van der Waals surface area (Å²) in [4.78, 5) is 268. The number of carbonyl (C=O) groups is 19. The molecule has 0 saturated carbocycles. The van der Waals surface area contributed by atoms with E-state index in [1.807, 2.05) is 0 Å². The Bertz CT molecular complexity index is 4830. The fraction of sp³-hybridized carbons (Fsp3) is 0.506. The van der Waals surface area contributed by atoms with Gasteiger partial charge in [0.25, 0.3) is 0 Å². The van der Waals surface area contributed by atoms with E-state index in [0.717, 1.165) is 0 Å². The van der Waals surface area contributed by atoms with Crippen LogP contribution < -0.4 is 80.6 Å². The normalized spacial score (nSPS) is 15.8. The summed E-state index contributed by atoms with van der Waals surface area (Å²) in [7, 11) is 0. The average molecular weight is 1830 g/mol. The highest BCUT2D eigenvalue weighted by molar-refractivity contribution is 7.80. The Morgan fingerprint density at radius 1 is 0.438 bits per heavy atom. The van der Waals surface area contributed by atoms with Crippen molar-refractivity contribution in [3.05, 3.63) is 102 Å². The molecule has 0 unspecified atom stereocenters. The smallest absolute Gasteiger partial charge is 0.326 e. The largest absolute Gasteiger partial charge is 0.508 e. The minimum absolute atomic E-state index is 0.00936. The topological polar surface area (TPSA) is 689 Å². The number of carbonyl (C=O) groups excluding carboxylic acids is 15. The average Bonchev–Trinajstić information content (AvgIpc) is 1.64. The molecule has 0 radical (unpaired) electrons. The second kappa shape index (κ2) is 49.8. The van der Waals surface area contributed by atoms with E-state index in [9.17, 15) is 107 Å². The number of para-hydroxylation sites is 2. The number of phenolic OH excluding ortho intramolecular Hbond substituents is 1. The summed E-state index contributed by atoms with van der Waals surface area (Å²) in [5.41, 5.74) is 13.3. The molecule has 1 fully saturated rings. The lowest BCUT2D eigenvalue weighted by Crippen LogP contribution is -2.62. The first-order valence-corrected chi connectivity index (χ1v) is 42.6. The Morgan fingerprint density at radius 2 is 0.805 bits per heavy atom. The van der Waals surface area contributed by atoms with Crippen LogP contribution in [0.2, 0.25) is 0 Å². The number of amides is 15. The number of aromatic amines is 2. The molecule has 1 saturated heterocycles. The van der Waals surface area contributed by atoms with E-state index < -0.39 is 278 Å². The number of benzene rings is 3. The van der Waals surface area contributed by atoms with Gasteiger partial charge in [-0.3, -0.25) is 86.3 Å². The Balaban J connectivity index is 1.25. The van der Waals surface area contributed by atoms with E-state index in [1.165, 1.54) is 63.8 Å². The molecule has 25 N–H and O–H groups in total. The molecule has 5 aromatic rings. The number of nitrogens with zero attached hydrogens (tertiary/aromatic N) is 1. The van der Waals surface area contributed by atoms with Crippen molar-refractivity contribution in [1.82, 2.24) is 84.0 Å². The predicted octanol–water partition coefficient (Wildman–Crippen LogP) is -3.21. The number of nitrogens with one attached hydrogen (secondary N) is 15. The Hall–Kier alpha value is -12.9. The highest BCUT2D eigenvalue weighted by Crippen LogP contribution is 2.26.